The molecule has 0 aliphatic rings. The number of ether oxygens (including phenoxy) is 3. The van der Waals surface area contributed by atoms with Crippen LogP contribution in [0.5, 0.6) is 17.2 Å². The first-order valence-corrected chi connectivity index (χ1v) is 6.29. The van der Waals surface area contributed by atoms with E-state index in [4.69, 9.17) is 14.2 Å². The van der Waals surface area contributed by atoms with Crippen LogP contribution < -0.4 is 19.6 Å². The molecule has 6 heteroatoms. The van der Waals surface area contributed by atoms with Crippen LogP contribution in [0.3, 0.4) is 0 Å². The zero-order valence-corrected chi connectivity index (χ0v) is 12.2. The number of nitrogens with zero attached hydrogens (tertiary/aromatic N) is 2. The van der Waals surface area contributed by atoms with Gasteiger partial charge in [0.25, 0.3) is 0 Å². The van der Waals surface area contributed by atoms with E-state index in [0.29, 0.717) is 23.1 Å². The summed E-state index contributed by atoms with van der Waals surface area (Å²) < 4.78 is 15.9. The van der Waals surface area contributed by atoms with E-state index in [1.54, 1.807) is 39.8 Å². The zero-order chi connectivity index (χ0) is 15.1. The number of hydrogen-bond donors (Lipinski definition) is 1. The van der Waals surface area contributed by atoms with Crippen LogP contribution in [0, 0.1) is 0 Å². The number of methoxy groups -OCH3 is 3. The summed E-state index contributed by atoms with van der Waals surface area (Å²) in [6.07, 6.45) is 3.32. The Morgan fingerprint density at radius 1 is 1.00 bits per heavy atom. The van der Waals surface area contributed by atoms with E-state index in [0.717, 1.165) is 5.56 Å². The van der Waals surface area contributed by atoms with Crippen LogP contribution in [-0.4, -0.2) is 32.5 Å². The number of hydrazone groups is 1. The summed E-state index contributed by atoms with van der Waals surface area (Å²) in [4.78, 5) is 4.11. The second-order valence-corrected chi connectivity index (χ2v) is 4.01. The largest absolute Gasteiger partial charge is 0.493 e. The molecular weight excluding hydrogens is 270 g/mol. The van der Waals surface area contributed by atoms with Crippen molar-refractivity contribution in [2.45, 2.75) is 0 Å². The third-order valence-corrected chi connectivity index (χ3v) is 2.78. The monoisotopic (exact) mass is 287 g/mol. The number of rotatable bonds is 6. The first kappa shape index (κ1) is 14.6. The molecule has 1 N–H and O–H groups in total. The molecule has 0 saturated carbocycles. The molecule has 2 aromatic rings. The third-order valence-electron chi connectivity index (χ3n) is 2.78. The van der Waals surface area contributed by atoms with Crippen molar-refractivity contribution >= 4 is 12.0 Å². The minimum absolute atomic E-state index is 0.529. The fourth-order valence-electron chi connectivity index (χ4n) is 1.82. The van der Waals surface area contributed by atoms with Crippen molar-refractivity contribution in [1.82, 2.24) is 4.98 Å². The van der Waals surface area contributed by atoms with Gasteiger partial charge in [0.2, 0.25) is 5.75 Å². The minimum atomic E-state index is 0.529. The topological polar surface area (TPSA) is 65.0 Å². The molecule has 1 aromatic heterocycles. The summed E-state index contributed by atoms with van der Waals surface area (Å²) in [7, 11) is 4.71. The predicted molar refractivity (Wildman–Crippen MR) is 81.6 cm³/mol. The quantitative estimate of drug-likeness (QED) is 0.653. The molecule has 0 spiro atoms. The van der Waals surface area contributed by atoms with Gasteiger partial charge in [-0.1, -0.05) is 6.07 Å². The van der Waals surface area contributed by atoms with Gasteiger partial charge in [0, 0.05) is 11.8 Å². The zero-order valence-electron chi connectivity index (χ0n) is 12.2. The smallest absolute Gasteiger partial charge is 0.203 e. The van der Waals surface area contributed by atoms with Crippen LogP contribution in [0.2, 0.25) is 0 Å². The molecule has 1 heterocycles. The minimum Gasteiger partial charge on any atom is -0.493 e. The van der Waals surface area contributed by atoms with E-state index < -0.39 is 0 Å². The molecule has 2 rings (SSSR count). The second kappa shape index (κ2) is 7.14. The van der Waals surface area contributed by atoms with Crippen molar-refractivity contribution < 1.29 is 14.2 Å². The van der Waals surface area contributed by atoms with Crippen LogP contribution in [0.25, 0.3) is 0 Å². The van der Waals surface area contributed by atoms with Crippen LogP contribution in [0.15, 0.2) is 41.6 Å². The first-order chi connectivity index (χ1) is 10.3. The van der Waals surface area contributed by atoms with E-state index in [9.17, 15) is 0 Å². The Balaban J connectivity index is 2.23. The molecular formula is C15H17N3O3. The van der Waals surface area contributed by atoms with Crippen LogP contribution in [-0.2, 0) is 0 Å². The van der Waals surface area contributed by atoms with Gasteiger partial charge in [-0.05, 0) is 24.3 Å². The number of hydrogen-bond acceptors (Lipinski definition) is 6. The van der Waals surface area contributed by atoms with E-state index in [1.807, 2.05) is 24.3 Å². The molecule has 0 aliphatic heterocycles. The van der Waals surface area contributed by atoms with Crippen LogP contribution in [0.1, 0.15) is 5.56 Å². The molecule has 0 unspecified atom stereocenters. The van der Waals surface area contributed by atoms with E-state index >= 15 is 0 Å². The SMILES string of the molecule is COc1ccc(C=NNc2ccccn2)c(OC)c1OC. The fraction of sp³-hybridized carbons (Fsp3) is 0.200. The lowest BCUT2D eigenvalue weighted by atomic mass is 10.2. The Morgan fingerprint density at radius 3 is 2.43 bits per heavy atom. The van der Waals surface area contributed by atoms with Gasteiger partial charge in [-0.15, -0.1) is 0 Å². The molecule has 1 aromatic carbocycles. The summed E-state index contributed by atoms with van der Waals surface area (Å²) in [5.41, 5.74) is 3.60. The molecule has 0 atom stereocenters. The molecule has 0 fully saturated rings. The number of anilines is 1. The lowest BCUT2D eigenvalue weighted by molar-refractivity contribution is 0.324. The van der Waals surface area contributed by atoms with E-state index in [-0.39, 0.29) is 0 Å². The van der Waals surface area contributed by atoms with Gasteiger partial charge in [-0.3, -0.25) is 5.43 Å². The molecule has 0 radical (unpaired) electrons. The summed E-state index contributed by atoms with van der Waals surface area (Å²) in [6.45, 7) is 0. The Labute approximate surface area is 123 Å². The maximum Gasteiger partial charge on any atom is 0.203 e. The number of benzene rings is 1. The van der Waals surface area contributed by atoms with E-state index in [2.05, 4.69) is 15.5 Å². The fourth-order valence-corrected chi connectivity index (χ4v) is 1.82. The molecule has 0 saturated heterocycles. The lowest BCUT2D eigenvalue weighted by Crippen LogP contribution is -1.99. The molecule has 110 valence electrons. The molecule has 0 amide bonds. The van der Waals surface area contributed by atoms with Crippen molar-refractivity contribution in [2.75, 3.05) is 26.8 Å². The normalized spacial score (nSPS) is 10.4. The molecule has 0 aliphatic carbocycles. The summed E-state index contributed by atoms with van der Waals surface area (Å²) in [5.74, 6) is 2.35. The van der Waals surface area contributed by atoms with Gasteiger partial charge in [0.1, 0.15) is 5.82 Å². The van der Waals surface area contributed by atoms with Gasteiger partial charge >= 0.3 is 0 Å². The highest BCUT2D eigenvalue weighted by atomic mass is 16.5. The molecule has 21 heavy (non-hydrogen) atoms. The van der Waals surface area contributed by atoms with Crippen molar-refractivity contribution in [1.29, 1.82) is 0 Å². The average molecular weight is 287 g/mol. The maximum atomic E-state index is 5.37. The number of nitrogens with one attached hydrogen (secondary N) is 1. The van der Waals surface area contributed by atoms with E-state index in [1.165, 1.54) is 0 Å². The van der Waals surface area contributed by atoms with Gasteiger partial charge in [-0.25, -0.2) is 4.98 Å². The highest BCUT2D eigenvalue weighted by Gasteiger charge is 2.14. The maximum absolute atomic E-state index is 5.37. The van der Waals surface area contributed by atoms with Crippen molar-refractivity contribution in [3.63, 3.8) is 0 Å². The highest BCUT2D eigenvalue weighted by Crippen LogP contribution is 2.38. The van der Waals surface area contributed by atoms with Gasteiger partial charge in [0.15, 0.2) is 11.5 Å². The Morgan fingerprint density at radius 2 is 1.81 bits per heavy atom. The predicted octanol–water partition coefficient (Wildman–Crippen LogP) is 2.55. The van der Waals surface area contributed by atoms with Crippen LogP contribution in [0.4, 0.5) is 5.82 Å². The summed E-state index contributed by atoms with van der Waals surface area (Å²) in [5, 5.41) is 4.14. The molecule has 6 nitrogen and oxygen atoms in total. The first-order valence-electron chi connectivity index (χ1n) is 6.29. The highest BCUT2D eigenvalue weighted by molar-refractivity contribution is 5.86. The van der Waals surface area contributed by atoms with Crippen molar-refractivity contribution in [2.24, 2.45) is 5.10 Å². The van der Waals surface area contributed by atoms with Crippen LogP contribution >= 0.6 is 0 Å². The summed E-state index contributed by atoms with van der Waals surface area (Å²) in [6, 6.07) is 9.17. The van der Waals surface area contributed by atoms with Gasteiger partial charge in [-0.2, -0.15) is 5.10 Å². The third kappa shape index (κ3) is 3.42. The Hall–Kier alpha value is -2.76. The number of pyridine rings is 1. The Kier molecular flexibility index (Phi) is 4.98. The lowest BCUT2D eigenvalue weighted by Gasteiger charge is -2.13. The second-order valence-electron chi connectivity index (χ2n) is 4.01. The molecule has 0 bridgehead atoms. The van der Waals surface area contributed by atoms with Gasteiger partial charge in [0.05, 0.1) is 27.5 Å². The van der Waals surface area contributed by atoms with Crippen molar-refractivity contribution in [3.8, 4) is 17.2 Å². The Bertz CT molecular complexity index is 615. The summed E-state index contributed by atoms with van der Waals surface area (Å²) >= 11 is 0. The van der Waals surface area contributed by atoms with Crippen molar-refractivity contribution in [3.05, 3.63) is 42.1 Å². The standard InChI is InChI=1S/C15H17N3O3/c1-19-12-8-7-11(14(20-2)15(12)21-3)10-17-18-13-6-4-5-9-16-13/h4-10H,1-3H3,(H,16,18). The van der Waals surface area contributed by atoms with Gasteiger partial charge < -0.3 is 14.2 Å². The average Bonchev–Trinajstić information content (AvgIpc) is 2.55. The number of aromatic nitrogens is 1.